The van der Waals surface area contributed by atoms with Crippen LogP contribution in [0.2, 0.25) is 5.02 Å². The normalized spacial score (nSPS) is 11.4. The maximum absolute atomic E-state index is 11.4. The van der Waals surface area contributed by atoms with Crippen LogP contribution in [0.4, 0.5) is 0 Å². The minimum absolute atomic E-state index is 0.220. The number of esters is 1. The molecule has 0 aliphatic heterocycles. The molecule has 0 radical (unpaired) electrons. The third kappa shape index (κ3) is 7.78. The summed E-state index contributed by atoms with van der Waals surface area (Å²) in [5.41, 5.74) is 3.58. The zero-order chi connectivity index (χ0) is 22.6. The highest BCUT2D eigenvalue weighted by molar-refractivity contribution is 7.99. The number of hydrogen-bond donors (Lipinski definition) is 1. The van der Waals surface area contributed by atoms with Crippen LogP contribution < -0.4 is 4.74 Å². The van der Waals surface area contributed by atoms with Gasteiger partial charge in [-0.2, -0.15) is 0 Å². The van der Waals surface area contributed by atoms with E-state index < -0.39 is 0 Å². The number of rotatable bonds is 12. The number of nitrogens with zero attached hydrogens (tertiary/aromatic N) is 1. The Labute approximate surface area is 193 Å². The van der Waals surface area contributed by atoms with Gasteiger partial charge in [-0.3, -0.25) is 4.79 Å². The van der Waals surface area contributed by atoms with Gasteiger partial charge < -0.3 is 14.7 Å². The van der Waals surface area contributed by atoms with Crippen molar-refractivity contribution in [2.24, 2.45) is 5.16 Å². The van der Waals surface area contributed by atoms with Gasteiger partial charge in [0.1, 0.15) is 5.75 Å². The molecule has 2 aromatic rings. The van der Waals surface area contributed by atoms with Crippen LogP contribution in [0.5, 0.6) is 5.75 Å². The van der Waals surface area contributed by atoms with E-state index in [9.17, 15) is 10.0 Å². The molecule has 0 fully saturated rings. The first-order valence-electron chi connectivity index (χ1n) is 10.5. The smallest absolute Gasteiger partial charge is 0.309 e. The van der Waals surface area contributed by atoms with E-state index >= 15 is 0 Å². The average Bonchev–Trinajstić information content (AvgIpc) is 2.77. The number of benzene rings is 2. The lowest BCUT2D eigenvalue weighted by atomic mass is 10.0. The van der Waals surface area contributed by atoms with E-state index in [1.807, 2.05) is 37.3 Å². The second-order valence-corrected chi connectivity index (χ2v) is 8.58. The van der Waals surface area contributed by atoms with Gasteiger partial charge in [-0.1, -0.05) is 43.1 Å². The molecule has 0 aliphatic carbocycles. The Morgan fingerprint density at radius 3 is 2.65 bits per heavy atom. The van der Waals surface area contributed by atoms with Gasteiger partial charge in [-0.05, 0) is 66.3 Å². The van der Waals surface area contributed by atoms with E-state index in [1.54, 1.807) is 11.8 Å². The van der Waals surface area contributed by atoms with Crippen molar-refractivity contribution in [1.29, 1.82) is 0 Å². The van der Waals surface area contributed by atoms with E-state index in [-0.39, 0.29) is 12.4 Å². The van der Waals surface area contributed by atoms with Crippen molar-refractivity contribution in [1.82, 2.24) is 0 Å². The summed E-state index contributed by atoms with van der Waals surface area (Å²) >= 11 is 8.02. The first kappa shape index (κ1) is 25.1. The van der Waals surface area contributed by atoms with Crippen molar-refractivity contribution in [3.8, 4) is 5.75 Å². The average molecular weight is 464 g/mol. The summed E-state index contributed by atoms with van der Waals surface area (Å²) in [6.07, 6.45) is 3.69. The minimum Gasteiger partial charge on any atom is -0.493 e. The number of halogens is 1. The maximum atomic E-state index is 11.4. The molecule has 7 heteroatoms. The van der Waals surface area contributed by atoms with E-state index in [4.69, 9.17) is 16.3 Å². The van der Waals surface area contributed by atoms with Gasteiger partial charge in [0.2, 0.25) is 0 Å². The number of thioether (sulfide) groups is 1. The zero-order valence-corrected chi connectivity index (χ0v) is 19.9. The zero-order valence-electron chi connectivity index (χ0n) is 18.3. The van der Waals surface area contributed by atoms with Gasteiger partial charge in [-0.25, -0.2) is 0 Å². The SMILES string of the molecule is CCCc1cc(C(CC)=NO)ccc1OCCCSc1ccc(CC(=O)OC)cc1Cl. The van der Waals surface area contributed by atoms with Crippen molar-refractivity contribution < 1.29 is 19.5 Å². The molecule has 2 aromatic carbocycles. The Kier molecular flexibility index (Phi) is 10.7. The monoisotopic (exact) mass is 463 g/mol. The lowest BCUT2D eigenvalue weighted by molar-refractivity contribution is -0.139. The summed E-state index contributed by atoms with van der Waals surface area (Å²) in [7, 11) is 1.38. The fraction of sp³-hybridized carbons (Fsp3) is 0.417. The van der Waals surface area contributed by atoms with Crippen LogP contribution >= 0.6 is 23.4 Å². The predicted molar refractivity (Wildman–Crippen MR) is 127 cm³/mol. The van der Waals surface area contributed by atoms with Gasteiger partial charge in [0.15, 0.2) is 0 Å². The van der Waals surface area contributed by atoms with Crippen molar-refractivity contribution in [2.45, 2.75) is 50.8 Å². The Hall–Kier alpha value is -2.18. The van der Waals surface area contributed by atoms with Crippen molar-refractivity contribution in [3.05, 3.63) is 58.1 Å². The molecule has 0 saturated carbocycles. The van der Waals surface area contributed by atoms with Crippen molar-refractivity contribution in [2.75, 3.05) is 19.5 Å². The van der Waals surface area contributed by atoms with Crippen molar-refractivity contribution in [3.63, 3.8) is 0 Å². The van der Waals surface area contributed by atoms with Gasteiger partial charge in [0.25, 0.3) is 0 Å². The molecule has 168 valence electrons. The summed E-state index contributed by atoms with van der Waals surface area (Å²) in [4.78, 5) is 12.4. The van der Waals surface area contributed by atoms with Crippen molar-refractivity contribution >= 4 is 35.0 Å². The highest BCUT2D eigenvalue weighted by atomic mass is 35.5. The fourth-order valence-electron chi connectivity index (χ4n) is 3.13. The molecule has 0 spiro atoms. The third-order valence-electron chi connectivity index (χ3n) is 4.74. The van der Waals surface area contributed by atoms with Crippen LogP contribution in [0, 0.1) is 0 Å². The fourth-order valence-corrected chi connectivity index (χ4v) is 4.34. The summed E-state index contributed by atoms with van der Waals surface area (Å²) in [5, 5.41) is 13.2. The Morgan fingerprint density at radius 1 is 1.19 bits per heavy atom. The molecule has 0 bridgehead atoms. The molecule has 0 heterocycles. The molecular weight excluding hydrogens is 434 g/mol. The number of methoxy groups -OCH3 is 1. The molecule has 0 saturated heterocycles. The third-order valence-corrected chi connectivity index (χ3v) is 6.33. The topological polar surface area (TPSA) is 68.1 Å². The van der Waals surface area contributed by atoms with Gasteiger partial charge in [0.05, 0.1) is 30.9 Å². The largest absolute Gasteiger partial charge is 0.493 e. The molecule has 0 aliphatic rings. The maximum Gasteiger partial charge on any atom is 0.309 e. The van der Waals surface area contributed by atoms with E-state index in [0.717, 1.165) is 52.4 Å². The lowest BCUT2D eigenvalue weighted by Crippen LogP contribution is -2.05. The summed E-state index contributed by atoms with van der Waals surface area (Å²) < 4.78 is 10.7. The van der Waals surface area contributed by atoms with Crippen LogP contribution in [0.25, 0.3) is 0 Å². The molecule has 2 rings (SSSR count). The quantitative estimate of drug-likeness (QED) is 0.102. The number of oxime groups is 1. The Bertz CT molecular complexity index is 901. The van der Waals surface area contributed by atoms with E-state index in [1.165, 1.54) is 7.11 Å². The number of hydrogen-bond acceptors (Lipinski definition) is 6. The molecule has 0 atom stereocenters. The molecule has 1 N–H and O–H groups in total. The molecular formula is C24H30ClNO4S. The van der Waals surface area contributed by atoms with Gasteiger partial charge >= 0.3 is 5.97 Å². The Balaban J connectivity index is 1.88. The standard InChI is InChI=1S/C24H30ClNO4S/c1-4-7-19-16-18(21(5-2)26-28)9-10-22(19)30-12-6-13-31-23-11-8-17(14-20(23)25)15-24(27)29-3/h8-11,14,16,28H,4-7,12-13,15H2,1-3H3. The lowest BCUT2D eigenvalue weighted by Gasteiger charge is -2.13. The van der Waals surface area contributed by atoms with E-state index in [2.05, 4.69) is 22.9 Å². The van der Waals surface area contributed by atoms with Crippen LogP contribution in [-0.4, -0.2) is 36.4 Å². The molecule has 31 heavy (non-hydrogen) atoms. The Morgan fingerprint density at radius 2 is 2.00 bits per heavy atom. The number of carbonyl (C=O) groups is 1. The highest BCUT2D eigenvalue weighted by Crippen LogP contribution is 2.29. The highest BCUT2D eigenvalue weighted by Gasteiger charge is 2.10. The van der Waals surface area contributed by atoms with Crippen LogP contribution in [0.3, 0.4) is 0 Å². The second-order valence-electron chi connectivity index (χ2n) is 7.04. The number of ether oxygens (including phenoxy) is 2. The van der Waals surface area contributed by atoms with Gasteiger partial charge in [0, 0.05) is 10.6 Å². The first-order valence-corrected chi connectivity index (χ1v) is 11.8. The van der Waals surface area contributed by atoms with Crippen LogP contribution in [-0.2, 0) is 22.4 Å². The minimum atomic E-state index is -0.279. The first-order chi connectivity index (χ1) is 15.0. The summed E-state index contributed by atoms with van der Waals surface area (Å²) in [6.45, 7) is 4.71. The molecule has 0 amide bonds. The second kappa shape index (κ2) is 13.3. The molecule has 0 aromatic heterocycles. The van der Waals surface area contributed by atoms with Crippen LogP contribution in [0.1, 0.15) is 49.8 Å². The number of carbonyl (C=O) groups excluding carboxylic acids is 1. The van der Waals surface area contributed by atoms with Crippen LogP contribution in [0.15, 0.2) is 46.4 Å². The summed E-state index contributed by atoms with van der Waals surface area (Å²) in [5.74, 6) is 1.47. The number of aryl methyl sites for hydroxylation is 1. The predicted octanol–water partition coefficient (Wildman–Crippen LogP) is 6.16. The van der Waals surface area contributed by atoms with Gasteiger partial charge in [-0.15, -0.1) is 11.8 Å². The van der Waals surface area contributed by atoms with E-state index in [0.29, 0.717) is 23.8 Å². The molecule has 0 unspecified atom stereocenters. The molecule has 5 nitrogen and oxygen atoms in total. The summed E-state index contributed by atoms with van der Waals surface area (Å²) in [6, 6.07) is 11.6.